The highest BCUT2D eigenvalue weighted by Gasteiger charge is 2.30. The van der Waals surface area contributed by atoms with Crippen molar-refractivity contribution in [3.63, 3.8) is 0 Å². The van der Waals surface area contributed by atoms with Gasteiger partial charge in [-0.15, -0.1) is 13.2 Å². The predicted molar refractivity (Wildman–Crippen MR) is 70.7 cm³/mol. The van der Waals surface area contributed by atoms with Gasteiger partial charge in [0.25, 0.3) is 0 Å². The second kappa shape index (κ2) is 8.11. The fraction of sp³-hybridized carbons (Fsp3) is 0.571. The Bertz CT molecular complexity index is 379. The fourth-order valence-corrected chi connectivity index (χ4v) is 1.77. The quantitative estimate of drug-likeness (QED) is 0.741. The van der Waals surface area contributed by atoms with Crippen LogP contribution in [0.1, 0.15) is 31.4 Å². The molecule has 0 heterocycles. The van der Waals surface area contributed by atoms with Crippen molar-refractivity contribution in [2.45, 2.75) is 32.2 Å². The van der Waals surface area contributed by atoms with Gasteiger partial charge >= 0.3 is 6.36 Å². The van der Waals surface area contributed by atoms with E-state index in [1.165, 1.54) is 12.1 Å². The maximum Gasteiger partial charge on any atom is 0.573 e. The van der Waals surface area contributed by atoms with E-state index < -0.39 is 6.36 Å². The van der Waals surface area contributed by atoms with E-state index in [-0.39, 0.29) is 11.8 Å². The summed E-state index contributed by atoms with van der Waals surface area (Å²) in [6.45, 7) is 3.54. The largest absolute Gasteiger partial charge is 0.573 e. The summed E-state index contributed by atoms with van der Waals surface area (Å²) in [5, 5.41) is 3.31. The maximum atomic E-state index is 12.0. The number of halogens is 3. The average Bonchev–Trinajstić information content (AvgIpc) is 2.37. The molecule has 0 saturated heterocycles. The summed E-state index contributed by atoms with van der Waals surface area (Å²) >= 11 is 0. The Morgan fingerprint density at radius 1 is 1.15 bits per heavy atom. The lowest BCUT2D eigenvalue weighted by Gasteiger charge is -2.15. The van der Waals surface area contributed by atoms with Gasteiger partial charge in [0.05, 0.1) is 0 Å². The molecule has 1 aromatic rings. The number of unbranched alkanes of at least 4 members (excludes halogenated alkanes) is 1. The van der Waals surface area contributed by atoms with E-state index in [1.807, 2.05) is 6.92 Å². The SMILES string of the molecule is COCCCCNC(C)c1ccc(OC(F)(F)F)cc1. The number of hydrogen-bond acceptors (Lipinski definition) is 3. The van der Waals surface area contributed by atoms with Crippen LogP contribution in [-0.4, -0.2) is 26.6 Å². The highest BCUT2D eigenvalue weighted by atomic mass is 19.4. The molecule has 114 valence electrons. The smallest absolute Gasteiger partial charge is 0.406 e. The van der Waals surface area contributed by atoms with Crippen LogP contribution in [0.5, 0.6) is 5.75 Å². The normalized spacial score (nSPS) is 13.2. The molecule has 0 aliphatic rings. The fourth-order valence-electron chi connectivity index (χ4n) is 1.77. The van der Waals surface area contributed by atoms with Gasteiger partial charge in [-0.2, -0.15) is 0 Å². The van der Waals surface area contributed by atoms with E-state index in [2.05, 4.69) is 10.1 Å². The number of alkyl halides is 3. The molecule has 0 aliphatic carbocycles. The van der Waals surface area contributed by atoms with Crippen LogP contribution in [0.15, 0.2) is 24.3 Å². The van der Waals surface area contributed by atoms with E-state index in [0.29, 0.717) is 0 Å². The number of benzene rings is 1. The van der Waals surface area contributed by atoms with E-state index in [1.54, 1.807) is 19.2 Å². The zero-order valence-electron chi connectivity index (χ0n) is 11.7. The van der Waals surface area contributed by atoms with Gasteiger partial charge in [0.2, 0.25) is 0 Å². The summed E-state index contributed by atoms with van der Waals surface area (Å²) in [5.74, 6) is -0.200. The highest BCUT2D eigenvalue weighted by Crippen LogP contribution is 2.24. The molecule has 0 aromatic heterocycles. The van der Waals surface area contributed by atoms with Crippen molar-refractivity contribution in [3.8, 4) is 5.75 Å². The zero-order chi connectivity index (χ0) is 15.0. The molecule has 1 rings (SSSR count). The van der Waals surface area contributed by atoms with Gasteiger partial charge in [-0.3, -0.25) is 0 Å². The van der Waals surface area contributed by atoms with Gasteiger partial charge in [0.1, 0.15) is 5.75 Å². The van der Waals surface area contributed by atoms with Gasteiger partial charge in [0.15, 0.2) is 0 Å². The van der Waals surface area contributed by atoms with Crippen LogP contribution in [0.2, 0.25) is 0 Å². The second-order valence-corrected chi connectivity index (χ2v) is 4.49. The topological polar surface area (TPSA) is 30.5 Å². The van der Waals surface area contributed by atoms with Crippen molar-refractivity contribution >= 4 is 0 Å². The Labute approximate surface area is 117 Å². The monoisotopic (exact) mass is 291 g/mol. The summed E-state index contributed by atoms with van der Waals surface area (Å²) in [6, 6.07) is 6.00. The van der Waals surface area contributed by atoms with Crippen LogP contribution in [-0.2, 0) is 4.74 Å². The van der Waals surface area contributed by atoms with Crippen LogP contribution < -0.4 is 10.1 Å². The summed E-state index contributed by atoms with van der Waals surface area (Å²) in [6.07, 6.45) is -2.67. The Kier molecular flexibility index (Phi) is 6.81. The van der Waals surface area contributed by atoms with E-state index in [4.69, 9.17) is 4.74 Å². The molecular weight excluding hydrogens is 271 g/mol. The predicted octanol–water partition coefficient (Wildman–Crippen LogP) is 3.66. The molecule has 0 radical (unpaired) electrons. The van der Waals surface area contributed by atoms with Crippen molar-refractivity contribution < 1.29 is 22.6 Å². The first-order valence-corrected chi connectivity index (χ1v) is 6.50. The van der Waals surface area contributed by atoms with Crippen molar-refractivity contribution in [1.29, 1.82) is 0 Å². The van der Waals surface area contributed by atoms with Crippen LogP contribution in [0.3, 0.4) is 0 Å². The summed E-state index contributed by atoms with van der Waals surface area (Å²) in [5.41, 5.74) is 0.922. The molecule has 0 amide bonds. The number of hydrogen-bond donors (Lipinski definition) is 1. The van der Waals surface area contributed by atoms with Crippen LogP contribution in [0.4, 0.5) is 13.2 Å². The van der Waals surface area contributed by atoms with Crippen LogP contribution in [0.25, 0.3) is 0 Å². The van der Waals surface area contributed by atoms with Crippen molar-refractivity contribution in [1.82, 2.24) is 5.32 Å². The molecule has 20 heavy (non-hydrogen) atoms. The highest BCUT2D eigenvalue weighted by molar-refractivity contribution is 5.29. The van der Waals surface area contributed by atoms with Crippen molar-refractivity contribution in [2.75, 3.05) is 20.3 Å². The third-order valence-corrected chi connectivity index (χ3v) is 2.84. The summed E-state index contributed by atoms with van der Waals surface area (Å²) in [4.78, 5) is 0. The molecule has 0 bridgehead atoms. The maximum absolute atomic E-state index is 12.0. The van der Waals surface area contributed by atoms with E-state index in [9.17, 15) is 13.2 Å². The van der Waals surface area contributed by atoms with Gasteiger partial charge in [0, 0.05) is 19.8 Å². The molecule has 0 saturated carbocycles. The Morgan fingerprint density at radius 3 is 2.35 bits per heavy atom. The molecule has 6 heteroatoms. The lowest BCUT2D eigenvalue weighted by Crippen LogP contribution is -2.20. The van der Waals surface area contributed by atoms with Gasteiger partial charge in [-0.25, -0.2) is 0 Å². The third kappa shape index (κ3) is 6.77. The first-order chi connectivity index (χ1) is 9.42. The second-order valence-electron chi connectivity index (χ2n) is 4.49. The Morgan fingerprint density at radius 2 is 1.80 bits per heavy atom. The van der Waals surface area contributed by atoms with Crippen molar-refractivity contribution in [3.05, 3.63) is 29.8 Å². The third-order valence-electron chi connectivity index (χ3n) is 2.84. The lowest BCUT2D eigenvalue weighted by molar-refractivity contribution is -0.274. The average molecular weight is 291 g/mol. The van der Waals surface area contributed by atoms with Crippen LogP contribution in [0, 0.1) is 0 Å². The number of nitrogens with one attached hydrogen (secondary N) is 1. The summed E-state index contributed by atoms with van der Waals surface area (Å²) < 4.78 is 44.9. The van der Waals surface area contributed by atoms with Gasteiger partial charge in [-0.05, 0) is 44.0 Å². The molecule has 0 fully saturated rings. The summed E-state index contributed by atoms with van der Waals surface area (Å²) in [7, 11) is 1.67. The molecule has 0 aliphatic heterocycles. The minimum Gasteiger partial charge on any atom is -0.406 e. The van der Waals surface area contributed by atoms with E-state index in [0.717, 1.165) is 31.6 Å². The Hall–Kier alpha value is -1.27. The number of rotatable bonds is 8. The minimum absolute atomic E-state index is 0.0810. The van der Waals surface area contributed by atoms with Gasteiger partial charge in [-0.1, -0.05) is 12.1 Å². The van der Waals surface area contributed by atoms with E-state index >= 15 is 0 Å². The molecule has 0 spiro atoms. The van der Waals surface area contributed by atoms with Crippen molar-refractivity contribution in [2.24, 2.45) is 0 Å². The first kappa shape index (κ1) is 16.8. The molecule has 1 atom stereocenters. The number of methoxy groups -OCH3 is 1. The standard InChI is InChI=1S/C14H20F3NO2/c1-11(18-9-3-4-10-19-2)12-5-7-13(8-6-12)20-14(15,16)17/h5-8,11,18H,3-4,9-10H2,1-2H3. The number of ether oxygens (including phenoxy) is 2. The molecule has 1 unspecified atom stereocenters. The molecule has 1 N–H and O–H groups in total. The zero-order valence-corrected chi connectivity index (χ0v) is 11.7. The minimum atomic E-state index is -4.65. The van der Waals surface area contributed by atoms with Gasteiger partial charge < -0.3 is 14.8 Å². The molecular formula is C14H20F3NO2. The van der Waals surface area contributed by atoms with Crippen LogP contribution >= 0.6 is 0 Å². The molecule has 3 nitrogen and oxygen atoms in total. The lowest BCUT2D eigenvalue weighted by atomic mass is 10.1. The Balaban J connectivity index is 2.39. The first-order valence-electron chi connectivity index (χ1n) is 6.50. The molecule has 1 aromatic carbocycles.